The van der Waals surface area contributed by atoms with Crippen molar-refractivity contribution in [2.24, 2.45) is 11.8 Å². The smallest absolute Gasteiger partial charge is 0.206 e. The fraction of sp³-hybridized carbons (Fsp3) is 0.400. The van der Waals surface area contributed by atoms with Crippen LogP contribution in [0.15, 0.2) is 54.6 Å². The molecule has 0 aliphatic carbocycles. The highest BCUT2D eigenvalue weighted by molar-refractivity contribution is 7.56. The van der Waals surface area contributed by atoms with E-state index < -0.39 is 8.38 Å². The van der Waals surface area contributed by atoms with Gasteiger partial charge in [-0.1, -0.05) is 70.2 Å². The first kappa shape index (κ1) is 16.6. The Morgan fingerprint density at radius 1 is 0.696 bits per heavy atom. The van der Waals surface area contributed by atoms with Crippen molar-refractivity contribution in [3.05, 3.63) is 65.7 Å². The summed E-state index contributed by atoms with van der Waals surface area (Å²) in [6.45, 7) is 8.87. The van der Waals surface area contributed by atoms with E-state index in [-0.39, 0.29) is 12.2 Å². The van der Waals surface area contributed by atoms with Crippen LogP contribution in [0.25, 0.3) is 0 Å². The molecule has 122 valence electrons. The molecule has 0 N–H and O–H groups in total. The predicted octanol–water partition coefficient (Wildman–Crippen LogP) is 5.77. The zero-order chi connectivity index (χ0) is 16.4. The SMILES string of the molecule is CC(C)[C@@H]1OP(c2ccccc2)O[C@@H](C(C)C)c2ccccc21. The maximum Gasteiger partial charge on any atom is 0.206 e. The van der Waals surface area contributed by atoms with E-state index in [2.05, 4.69) is 76.2 Å². The van der Waals surface area contributed by atoms with E-state index in [4.69, 9.17) is 9.05 Å². The van der Waals surface area contributed by atoms with E-state index in [1.54, 1.807) is 0 Å². The van der Waals surface area contributed by atoms with Crippen molar-refractivity contribution in [1.82, 2.24) is 0 Å². The molecule has 3 heteroatoms. The van der Waals surface area contributed by atoms with Crippen LogP contribution in [0.2, 0.25) is 0 Å². The minimum atomic E-state index is -1.08. The minimum absolute atomic E-state index is 0.0706. The van der Waals surface area contributed by atoms with Crippen molar-refractivity contribution < 1.29 is 9.05 Å². The summed E-state index contributed by atoms with van der Waals surface area (Å²) in [5.74, 6) is 0.804. The topological polar surface area (TPSA) is 18.5 Å². The molecule has 0 saturated carbocycles. The number of hydrogen-bond acceptors (Lipinski definition) is 2. The third kappa shape index (κ3) is 3.50. The Balaban J connectivity index is 2.06. The van der Waals surface area contributed by atoms with E-state index in [9.17, 15) is 0 Å². The molecular formula is C20H25O2P. The number of rotatable bonds is 3. The van der Waals surface area contributed by atoms with Gasteiger partial charge in [0.2, 0.25) is 8.38 Å². The molecule has 0 unspecified atom stereocenters. The fourth-order valence-corrected chi connectivity index (χ4v) is 4.84. The van der Waals surface area contributed by atoms with Crippen LogP contribution in [-0.2, 0) is 9.05 Å². The molecule has 1 aliphatic heterocycles. The van der Waals surface area contributed by atoms with Gasteiger partial charge < -0.3 is 9.05 Å². The van der Waals surface area contributed by atoms with Crippen LogP contribution >= 0.6 is 8.38 Å². The predicted molar refractivity (Wildman–Crippen MR) is 96.8 cm³/mol. The van der Waals surface area contributed by atoms with Crippen molar-refractivity contribution >= 4 is 13.7 Å². The van der Waals surface area contributed by atoms with E-state index in [1.807, 2.05) is 6.07 Å². The summed E-state index contributed by atoms with van der Waals surface area (Å²) in [5, 5.41) is 1.15. The first-order valence-corrected chi connectivity index (χ1v) is 9.53. The summed E-state index contributed by atoms with van der Waals surface area (Å²) in [4.78, 5) is 0. The molecule has 0 spiro atoms. The lowest BCUT2D eigenvalue weighted by Crippen LogP contribution is -2.12. The van der Waals surface area contributed by atoms with Crippen LogP contribution in [0.1, 0.15) is 51.0 Å². The molecule has 0 fully saturated rings. The molecular weight excluding hydrogens is 303 g/mol. The molecule has 1 aliphatic rings. The maximum absolute atomic E-state index is 6.51. The van der Waals surface area contributed by atoms with Gasteiger partial charge in [0.25, 0.3) is 0 Å². The van der Waals surface area contributed by atoms with Crippen molar-refractivity contribution in [3.63, 3.8) is 0 Å². The largest absolute Gasteiger partial charge is 0.322 e. The van der Waals surface area contributed by atoms with Gasteiger partial charge >= 0.3 is 0 Å². The van der Waals surface area contributed by atoms with E-state index in [1.165, 1.54) is 11.1 Å². The second kappa shape index (κ2) is 7.13. The Morgan fingerprint density at radius 2 is 1.13 bits per heavy atom. The van der Waals surface area contributed by atoms with Gasteiger partial charge in [-0.2, -0.15) is 0 Å². The highest BCUT2D eigenvalue weighted by Crippen LogP contribution is 2.54. The lowest BCUT2D eigenvalue weighted by atomic mass is 9.89. The molecule has 2 nitrogen and oxygen atoms in total. The van der Waals surface area contributed by atoms with Gasteiger partial charge in [-0.3, -0.25) is 0 Å². The lowest BCUT2D eigenvalue weighted by molar-refractivity contribution is 0.124. The average Bonchev–Trinajstić information content (AvgIpc) is 2.73. The Labute approximate surface area is 140 Å². The van der Waals surface area contributed by atoms with Crippen molar-refractivity contribution in [2.45, 2.75) is 39.9 Å². The van der Waals surface area contributed by atoms with Crippen LogP contribution in [0.3, 0.4) is 0 Å². The van der Waals surface area contributed by atoms with E-state index in [0.717, 1.165) is 5.30 Å². The Kier molecular flexibility index (Phi) is 5.16. The van der Waals surface area contributed by atoms with Crippen molar-refractivity contribution in [1.29, 1.82) is 0 Å². The van der Waals surface area contributed by atoms with Gasteiger partial charge in [-0.05, 0) is 35.1 Å². The Morgan fingerprint density at radius 3 is 1.57 bits per heavy atom. The summed E-state index contributed by atoms with van der Waals surface area (Å²) in [7, 11) is -1.08. The highest BCUT2D eigenvalue weighted by atomic mass is 31.2. The highest BCUT2D eigenvalue weighted by Gasteiger charge is 2.35. The number of fused-ring (bicyclic) bond motifs is 1. The quantitative estimate of drug-likeness (QED) is 0.666. The number of hydrogen-bond donors (Lipinski definition) is 0. The summed E-state index contributed by atoms with van der Waals surface area (Å²) >= 11 is 0. The van der Waals surface area contributed by atoms with E-state index in [0.29, 0.717) is 11.8 Å². The van der Waals surface area contributed by atoms with Crippen molar-refractivity contribution in [2.75, 3.05) is 0 Å². The second-order valence-electron chi connectivity index (χ2n) is 6.76. The number of benzene rings is 2. The van der Waals surface area contributed by atoms with Gasteiger partial charge in [0.15, 0.2) is 0 Å². The van der Waals surface area contributed by atoms with Gasteiger partial charge in [0.1, 0.15) is 0 Å². The molecule has 23 heavy (non-hydrogen) atoms. The van der Waals surface area contributed by atoms with Crippen LogP contribution in [0.5, 0.6) is 0 Å². The third-order valence-electron chi connectivity index (χ3n) is 4.21. The molecule has 2 atom stereocenters. The van der Waals surface area contributed by atoms with Gasteiger partial charge in [0, 0.05) is 5.30 Å². The lowest BCUT2D eigenvalue weighted by Gasteiger charge is -2.25. The van der Waals surface area contributed by atoms with Gasteiger partial charge in [0.05, 0.1) is 12.2 Å². The van der Waals surface area contributed by atoms with Gasteiger partial charge in [-0.15, -0.1) is 0 Å². The van der Waals surface area contributed by atoms with Crippen LogP contribution in [0, 0.1) is 11.8 Å². The summed E-state index contributed by atoms with van der Waals surface area (Å²) in [6.07, 6.45) is 0.141. The summed E-state index contributed by atoms with van der Waals surface area (Å²) < 4.78 is 13.0. The monoisotopic (exact) mass is 328 g/mol. The van der Waals surface area contributed by atoms with Crippen LogP contribution < -0.4 is 5.30 Å². The molecule has 0 amide bonds. The summed E-state index contributed by atoms with van der Waals surface area (Å²) in [6, 6.07) is 19.0. The first-order valence-electron chi connectivity index (χ1n) is 8.35. The zero-order valence-corrected chi connectivity index (χ0v) is 15.2. The molecule has 1 heterocycles. The molecule has 0 aromatic heterocycles. The Hall–Kier alpha value is -1.21. The molecule has 2 aromatic rings. The maximum atomic E-state index is 6.51. The molecule has 0 radical (unpaired) electrons. The summed E-state index contributed by atoms with van der Waals surface area (Å²) in [5.41, 5.74) is 2.56. The third-order valence-corrected chi connectivity index (χ3v) is 5.76. The molecule has 2 aromatic carbocycles. The first-order chi connectivity index (χ1) is 11.1. The van der Waals surface area contributed by atoms with Crippen LogP contribution in [0.4, 0.5) is 0 Å². The molecule has 3 rings (SSSR count). The van der Waals surface area contributed by atoms with Crippen molar-refractivity contribution in [3.8, 4) is 0 Å². The molecule has 0 bridgehead atoms. The Bertz CT molecular complexity index is 602. The average molecular weight is 328 g/mol. The molecule has 0 saturated heterocycles. The minimum Gasteiger partial charge on any atom is -0.322 e. The fourth-order valence-electron chi connectivity index (χ4n) is 3.01. The van der Waals surface area contributed by atoms with Gasteiger partial charge in [-0.25, -0.2) is 0 Å². The normalized spacial score (nSPS) is 22.2. The second-order valence-corrected chi connectivity index (χ2v) is 8.21. The standard InChI is InChI=1S/C20H25O2P/c1-14(2)19-17-12-8-9-13-18(17)20(15(3)4)22-23(21-19)16-10-6-5-7-11-16/h5-15,19-20H,1-4H3/t19-,20-/m0/s1. The van der Waals surface area contributed by atoms with E-state index >= 15 is 0 Å². The zero-order valence-electron chi connectivity index (χ0n) is 14.3. The van der Waals surface area contributed by atoms with Crippen LogP contribution in [-0.4, -0.2) is 0 Å².